The van der Waals surface area contributed by atoms with E-state index >= 15 is 0 Å². The quantitative estimate of drug-likeness (QED) is 0.700. The summed E-state index contributed by atoms with van der Waals surface area (Å²) in [4.78, 5) is 21.0. The highest BCUT2D eigenvalue weighted by molar-refractivity contribution is 5.98. The van der Waals surface area contributed by atoms with Gasteiger partial charge in [-0.3, -0.25) is 15.2 Å². The number of aliphatic imine (C=N–C) groups is 1. The third-order valence-electron chi connectivity index (χ3n) is 4.88. The zero-order valence-corrected chi connectivity index (χ0v) is 15.5. The molecule has 1 aromatic carbocycles. The number of rotatable bonds is 5. The molecule has 3 aliphatic rings. The van der Waals surface area contributed by atoms with E-state index in [0.29, 0.717) is 18.2 Å². The van der Waals surface area contributed by atoms with Crippen molar-refractivity contribution in [3.63, 3.8) is 0 Å². The largest absolute Gasteiger partial charge is 0.349 e. The van der Waals surface area contributed by atoms with Gasteiger partial charge in [0.1, 0.15) is 6.54 Å². The molecular formula is C20H21N7O+. The Hall–Kier alpha value is -3.39. The molecule has 28 heavy (non-hydrogen) atoms. The summed E-state index contributed by atoms with van der Waals surface area (Å²) in [6, 6.07) is 9.96. The van der Waals surface area contributed by atoms with Crippen LogP contribution in [0.4, 0.5) is 11.5 Å². The monoisotopic (exact) mass is 375 g/mol. The van der Waals surface area contributed by atoms with E-state index in [-0.39, 0.29) is 5.91 Å². The number of carbonyl (C=O) groups excluding carboxylic acids is 1. The Labute approximate surface area is 162 Å². The van der Waals surface area contributed by atoms with Gasteiger partial charge in [0.15, 0.2) is 12.0 Å². The summed E-state index contributed by atoms with van der Waals surface area (Å²) in [6.45, 7) is 2.58. The first-order chi connectivity index (χ1) is 13.7. The van der Waals surface area contributed by atoms with Gasteiger partial charge in [-0.25, -0.2) is 0 Å². The van der Waals surface area contributed by atoms with Gasteiger partial charge in [-0.05, 0) is 42.9 Å². The number of aromatic nitrogens is 2. The predicted molar refractivity (Wildman–Crippen MR) is 108 cm³/mol. The number of carbonyl (C=O) groups is 1. The Morgan fingerprint density at radius 2 is 2.21 bits per heavy atom. The van der Waals surface area contributed by atoms with Crippen LogP contribution in [0.2, 0.25) is 0 Å². The highest BCUT2D eigenvalue weighted by Crippen LogP contribution is 2.25. The highest BCUT2D eigenvalue weighted by atomic mass is 16.1. The van der Waals surface area contributed by atoms with E-state index in [2.05, 4.69) is 30.7 Å². The smallest absolute Gasteiger partial charge is 0.284 e. The average Bonchev–Trinajstić information content (AvgIpc) is 3.21. The zero-order chi connectivity index (χ0) is 19.1. The lowest BCUT2D eigenvalue weighted by molar-refractivity contribution is 0.0951. The van der Waals surface area contributed by atoms with Gasteiger partial charge in [0, 0.05) is 29.1 Å². The van der Waals surface area contributed by atoms with Crippen LogP contribution in [0.15, 0.2) is 59.7 Å². The fraction of sp³-hybridized carbons (Fsp3) is 0.250. The molecular weight excluding hydrogens is 354 g/mol. The summed E-state index contributed by atoms with van der Waals surface area (Å²) < 4.78 is 0. The van der Waals surface area contributed by atoms with E-state index in [0.717, 1.165) is 41.7 Å². The van der Waals surface area contributed by atoms with Crippen LogP contribution >= 0.6 is 0 Å². The number of nitrogens with zero attached hydrogens (tertiary/aromatic N) is 4. The lowest BCUT2D eigenvalue weighted by atomic mass is 10.1. The van der Waals surface area contributed by atoms with E-state index in [1.165, 1.54) is 0 Å². The van der Waals surface area contributed by atoms with Crippen LogP contribution in [0.5, 0.6) is 0 Å². The van der Waals surface area contributed by atoms with E-state index in [9.17, 15) is 4.79 Å². The summed E-state index contributed by atoms with van der Waals surface area (Å²) >= 11 is 0. The second-order valence-electron chi connectivity index (χ2n) is 7.21. The molecule has 0 unspecified atom stereocenters. The second-order valence-corrected chi connectivity index (χ2v) is 7.21. The summed E-state index contributed by atoms with van der Waals surface area (Å²) in [5, 5.41) is 13.6. The van der Waals surface area contributed by atoms with E-state index < -0.39 is 0 Å². The van der Waals surface area contributed by atoms with Crippen molar-refractivity contribution >= 4 is 23.2 Å². The van der Waals surface area contributed by atoms with Gasteiger partial charge in [0.2, 0.25) is 0 Å². The number of fused-ring (bicyclic) bond motifs is 1. The normalized spacial score (nSPS) is 18.5. The third kappa shape index (κ3) is 3.29. The van der Waals surface area contributed by atoms with Gasteiger partial charge in [0.05, 0.1) is 12.4 Å². The third-order valence-corrected chi connectivity index (χ3v) is 4.88. The molecule has 0 spiro atoms. The standard InChI is InChI=1S/C20H21N7O/c1-13-9-17(25-24-13)23-19-12-26(11-18-21-7-8-27(18)19)16-4-2-3-14(10-16)20(28)22-15-5-6-15/h2-4,7-10,12,15H,5-6,11H2,1H3,(H,22,28)(H2,23,24,25)/q+1. The molecule has 0 atom stereocenters. The number of hydrogen-bond acceptors (Lipinski definition) is 6. The molecule has 1 saturated carbocycles. The Morgan fingerprint density at radius 3 is 3.00 bits per heavy atom. The minimum atomic E-state index is -0.0165. The minimum absolute atomic E-state index is 0.0165. The lowest BCUT2D eigenvalue weighted by Crippen LogP contribution is -2.45. The maximum atomic E-state index is 12.4. The van der Waals surface area contributed by atoms with E-state index in [1.54, 1.807) is 6.20 Å². The fourth-order valence-corrected chi connectivity index (χ4v) is 3.27. The van der Waals surface area contributed by atoms with Crippen LogP contribution in [-0.2, 0) is 0 Å². The topological polar surface area (TPSA) is 91.3 Å². The molecule has 1 fully saturated rings. The molecule has 1 aliphatic carbocycles. The van der Waals surface area contributed by atoms with E-state index in [1.807, 2.05) is 54.6 Å². The molecule has 8 heteroatoms. The number of hydrogen-bond donors (Lipinski definition) is 3. The van der Waals surface area contributed by atoms with Crippen LogP contribution in [-0.4, -0.2) is 34.5 Å². The maximum absolute atomic E-state index is 12.4. The molecule has 0 bridgehead atoms. The van der Waals surface area contributed by atoms with Gasteiger partial charge < -0.3 is 10.2 Å². The number of H-pyrrole nitrogens is 1. The van der Waals surface area contributed by atoms with Crippen molar-refractivity contribution in [2.45, 2.75) is 25.8 Å². The molecule has 2 aliphatic heterocycles. The average molecular weight is 375 g/mol. The summed E-state index contributed by atoms with van der Waals surface area (Å²) in [5.41, 5.74) is 2.59. The Balaban J connectivity index is 1.43. The molecule has 8 nitrogen and oxygen atoms in total. The molecule has 1 radical (unpaired) electrons. The van der Waals surface area contributed by atoms with Crippen molar-refractivity contribution in [1.29, 1.82) is 0 Å². The maximum Gasteiger partial charge on any atom is 0.284 e. The molecule has 0 saturated heterocycles. The molecule has 3 heterocycles. The van der Waals surface area contributed by atoms with Crippen LogP contribution < -0.4 is 20.4 Å². The van der Waals surface area contributed by atoms with Crippen LogP contribution in [0.25, 0.3) is 0 Å². The number of amidine groups is 1. The van der Waals surface area contributed by atoms with Crippen LogP contribution in [0.1, 0.15) is 28.9 Å². The molecule has 141 valence electrons. The molecule has 2 aromatic rings. The fourth-order valence-electron chi connectivity index (χ4n) is 3.27. The first kappa shape index (κ1) is 16.8. The predicted octanol–water partition coefficient (Wildman–Crippen LogP) is 2.36. The van der Waals surface area contributed by atoms with E-state index in [4.69, 9.17) is 0 Å². The van der Waals surface area contributed by atoms with Crippen molar-refractivity contribution < 1.29 is 4.79 Å². The van der Waals surface area contributed by atoms with Gasteiger partial charge in [-0.15, -0.1) is 0 Å². The summed E-state index contributed by atoms with van der Waals surface area (Å²) in [6.07, 6.45) is 7.86. The second kappa shape index (κ2) is 6.65. The number of aromatic amines is 1. The van der Waals surface area contributed by atoms with Gasteiger partial charge in [0.25, 0.3) is 17.6 Å². The van der Waals surface area contributed by atoms with Gasteiger partial charge in [-0.1, -0.05) is 6.07 Å². The molecule has 3 N–H and O–H groups in total. The Bertz CT molecular complexity index is 1020. The number of nitrogens with one attached hydrogen (secondary N) is 3. The van der Waals surface area contributed by atoms with Crippen LogP contribution in [0, 0.1) is 6.92 Å². The summed E-state index contributed by atoms with van der Waals surface area (Å²) in [5.74, 6) is 2.48. The molecule has 5 rings (SSSR count). The minimum Gasteiger partial charge on any atom is -0.349 e. The Morgan fingerprint density at radius 1 is 1.32 bits per heavy atom. The number of aryl methyl sites for hydroxylation is 1. The molecule has 1 amide bonds. The lowest BCUT2D eigenvalue weighted by Gasteiger charge is -2.25. The molecule has 1 aromatic heterocycles. The highest BCUT2D eigenvalue weighted by Gasteiger charge is 2.37. The SMILES string of the molecule is Cc1cc(NC2=CN(c3cccc(C(=O)NC4CC4)c3)CC3=NC=C[N+]23)n[nH]1. The van der Waals surface area contributed by atoms with Crippen molar-refractivity contribution in [3.8, 4) is 0 Å². The zero-order valence-electron chi connectivity index (χ0n) is 15.5. The Kier molecular flexibility index (Phi) is 3.98. The van der Waals surface area contributed by atoms with Gasteiger partial charge in [-0.2, -0.15) is 10.1 Å². The van der Waals surface area contributed by atoms with Crippen molar-refractivity contribution in [2.24, 2.45) is 4.99 Å². The summed E-state index contributed by atoms with van der Waals surface area (Å²) in [7, 11) is 0. The number of benzene rings is 1. The first-order valence-electron chi connectivity index (χ1n) is 9.37. The van der Waals surface area contributed by atoms with Crippen molar-refractivity contribution in [1.82, 2.24) is 20.4 Å². The first-order valence-corrected chi connectivity index (χ1v) is 9.37. The number of amides is 1. The van der Waals surface area contributed by atoms with Crippen molar-refractivity contribution in [2.75, 3.05) is 16.8 Å². The van der Waals surface area contributed by atoms with Crippen molar-refractivity contribution in [3.05, 3.63) is 66.0 Å². The number of anilines is 2. The van der Waals surface area contributed by atoms with Gasteiger partial charge >= 0.3 is 0 Å². The van der Waals surface area contributed by atoms with Crippen LogP contribution in [0.3, 0.4) is 0 Å².